The summed E-state index contributed by atoms with van der Waals surface area (Å²) >= 11 is 0. The number of nitrogens with zero attached hydrogens (tertiary/aromatic N) is 2. The van der Waals surface area contributed by atoms with E-state index in [-0.39, 0.29) is 5.69 Å². The smallest absolute Gasteiger partial charge is 0.353 e. The highest BCUT2D eigenvalue weighted by atomic mass is 19.3. The summed E-state index contributed by atoms with van der Waals surface area (Å²) in [6.45, 7) is 0. The molecule has 0 saturated heterocycles. The Hall–Kier alpha value is -3.16. The van der Waals surface area contributed by atoms with Gasteiger partial charge in [-0.05, 0) is 30.3 Å². The largest absolute Gasteiger partial charge is 0.493 e. The van der Waals surface area contributed by atoms with Crippen LogP contribution in [0.5, 0.6) is 5.88 Å². The molecule has 3 aromatic rings. The molecule has 0 unspecified atom stereocenters. The van der Waals surface area contributed by atoms with Gasteiger partial charge in [-0.3, -0.25) is 4.79 Å². The number of alkyl halides is 2. The number of carbonyl (C=O) groups is 1. The normalized spacial score (nSPS) is 12.1. The van der Waals surface area contributed by atoms with Gasteiger partial charge in [-0.1, -0.05) is 18.2 Å². The van der Waals surface area contributed by atoms with Crippen molar-refractivity contribution in [2.45, 2.75) is 5.92 Å². The molecule has 0 spiro atoms. The molecule has 0 bridgehead atoms. The third-order valence-corrected chi connectivity index (χ3v) is 3.38. The molecular weight excluding hydrogens is 323 g/mol. The maximum absolute atomic E-state index is 14.0. The van der Waals surface area contributed by atoms with Crippen LogP contribution in [-0.2, 0) is 10.7 Å². The molecule has 1 aromatic heterocycles. The van der Waals surface area contributed by atoms with Crippen LogP contribution in [0.4, 0.5) is 18.9 Å². The fraction of sp³-hybridized carbons (Fsp3) is 0.0625. The number of para-hydroxylation sites is 1. The number of amides is 1. The molecular formula is C16H10F3N3O2. The first-order valence-corrected chi connectivity index (χ1v) is 6.79. The molecule has 0 fully saturated rings. The molecule has 0 radical (unpaired) electrons. The van der Waals surface area contributed by atoms with Gasteiger partial charge in [-0.15, -0.1) is 10.2 Å². The van der Waals surface area contributed by atoms with Crippen LogP contribution in [0.2, 0.25) is 0 Å². The molecule has 0 aliphatic rings. The third-order valence-electron chi connectivity index (χ3n) is 3.38. The zero-order valence-corrected chi connectivity index (χ0v) is 12.0. The highest BCUT2D eigenvalue weighted by Crippen LogP contribution is 2.36. The molecule has 0 aliphatic carbocycles. The van der Waals surface area contributed by atoms with Crippen LogP contribution < -0.4 is 0 Å². The van der Waals surface area contributed by atoms with E-state index in [0.29, 0.717) is 10.9 Å². The van der Waals surface area contributed by atoms with E-state index in [2.05, 4.69) is 15.2 Å². The minimum absolute atomic E-state index is 0.117. The SMILES string of the molecule is O=C(N=Nc1c(O)[nH]c2ccccc12)C(F)(F)c1ccc(F)cc1. The summed E-state index contributed by atoms with van der Waals surface area (Å²) in [5, 5.41) is 16.6. The Morgan fingerprint density at radius 2 is 1.75 bits per heavy atom. The summed E-state index contributed by atoms with van der Waals surface area (Å²) in [4.78, 5) is 14.3. The summed E-state index contributed by atoms with van der Waals surface area (Å²) in [5.41, 5.74) is -0.299. The van der Waals surface area contributed by atoms with Gasteiger partial charge in [0, 0.05) is 10.9 Å². The van der Waals surface area contributed by atoms with Gasteiger partial charge in [-0.2, -0.15) is 8.78 Å². The van der Waals surface area contributed by atoms with Crippen LogP contribution in [0, 0.1) is 5.82 Å². The molecule has 1 amide bonds. The van der Waals surface area contributed by atoms with Crippen molar-refractivity contribution < 1.29 is 23.1 Å². The molecule has 3 rings (SSSR count). The van der Waals surface area contributed by atoms with E-state index in [0.717, 1.165) is 24.3 Å². The minimum atomic E-state index is -3.96. The molecule has 8 heteroatoms. The number of aromatic amines is 1. The number of hydrogen-bond acceptors (Lipinski definition) is 3. The number of benzene rings is 2. The Morgan fingerprint density at radius 3 is 2.46 bits per heavy atom. The average molecular weight is 333 g/mol. The van der Waals surface area contributed by atoms with Crippen LogP contribution in [0.15, 0.2) is 58.8 Å². The first-order chi connectivity index (χ1) is 11.4. The molecule has 122 valence electrons. The second kappa shape index (κ2) is 5.80. The number of H-pyrrole nitrogens is 1. The Balaban J connectivity index is 1.91. The predicted octanol–water partition coefficient (Wildman–Crippen LogP) is 4.41. The molecule has 0 aliphatic heterocycles. The highest BCUT2D eigenvalue weighted by molar-refractivity contribution is 5.94. The predicted molar refractivity (Wildman–Crippen MR) is 79.8 cm³/mol. The van der Waals surface area contributed by atoms with Gasteiger partial charge in [0.25, 0.3) is 0 Å². The highest BCUT2D eigenvalue weighted by Gasteiger charge is 2.41. The van der Waals surface area contributed by atoms with Crippen molar-refractivity contribution in [2.75, 3.05) is 0 Å². The number of rotatable bonds is 3. The topological polar surface area (TPSA) is 77.8 Å². The number of hydrogen-bond donors (Lipinski definition) is 2. The summed E-state index contributed by atoms with van der Waals surface area (Å²) in [6, 6.07) is 9.82. The van der Waals surface area contributed by atoms with Crippen molar-refractivity contribution >= 4 is 22.5 Å². The number of azo groups is 1. The maximum atomic E-state index is 14.0. The monoisotopic (exact) mass is 333 g/mol. The van der Waals surface area contributed by atoms with Gasteiger partial charge in [-0.25, -0.2) is 4.39 Å². The first-order valence-electron chi connectivity index (χ1n) is 6.79. The minimum Gasteiger partial charge on any atom is -0.493 e. The van der Waals surface area contributed by atoms with Crippen molar-refractivity contribution in [1.29, 1.82) is 0 Å². The molecule has 24 heavy (non-hydrogen) atoms. The molecule has 0 atom stereocenters. The number of fused-ring (bicyclic) bond motifs is 1. The van der Waals surface area contributed by atoms with Gasteiger partial charge in [0.2, 0.25) is 5.88 Å². The molecule has 5 nitrogen and oxygen atoms in total. The summed E-state index contributed by atoms with van der Waals surface area (Å²) < 4.78 is 40.9. The Bertz CT molecular complexity index is 933. The lowest BCUT2D eigenvalue weighted by Gasteiger charge is -2.11. The lowest BCUT2D eigenvalue weighted by Crippen LogP contribution is -2.23. The summed E-state index contributed by atoms with van der Waals surface area (Å²) in [5.74, 6) is -6.87. The van der Waals surface area contributed by atoms with Crippen LogP contribution in [0.3, 0.4) is 0 Å². The van der Waals surface area contributed by atoms with Crippen LogP contribution in [0.1, 0.15) is 5.56 Å². The van der Waals surface area contributed by atoms with E-state index < -0.39 is 29.1 Å². The zero-order chi connectivity index (χ0) is 17.3. The van der Waals surface area contributed by atoms with Crippen molar-refractivity contribution in [3.63, 3.8) is 0 Å². The zero-order valence-electron chi connectivity index (χ0n) is 12.0. The van der Waals surface area contributed by atoms with E-state index in [9.17, 15) is 23.1 Å². The summed E-state index contributed by atoms with van der Waals surface area (Å²) in [7, 11) is 0. The van der Waals surface area contributed by atoms with Crippen LogP contribution >= 0.6 is 0 Å². The molecule has 2 N–H and O–H groups in total. The fourth-order valence-corrected chi connectivity index (χ4v) is 2.16. The van der Waals surface area contributed by atoms with E-state index >= 15 is 0 Å². The van der Waals surface area contributed by atoms with Crippen molar-refractivity contribution in [2.24, 2.45) is 10.2 Å². The standard InChI is InChI=1S/C16H10F3N3O2/c17-10-7-5-9(6-8-10)16(18,19)15(24)22-21-13-11-3-1-2-4-12(11)20-14(13)23/h1-8,20,23H. The fourth-order valence-electron chi connectivity index (χ4n) is 2.16. The molecule has 2 aromatic carbocycles. The van der Waals surface area contributed by atoms with E-state index in [1.807, 2.05) is 0 Å². The molecule has 0 saturated carbocycles. The van der Waals surface area contributed by atoms with E-state index in [1.54, 1.807) is 24.3 Å². The number of aromatic nitrogens is 1. The van der Waals surface area contributed by atoms with Gasteiger partial charge in [0.15, 0.2) is 5.69 Å². The van der Waals surface area contributed by atoms with Crippen LogP contribution in [0.25, 0.3) is 10.9 Å². The lowest BCUT2D eigenvalue weighted by atomic mass is 10.1. The summed E-state index contributed by atoms with van der Waals surface area (Å²) in [6.07, 6.45) is 0. The third kappa shape index (κ3) is 2.73. The number of aromatic hydroxyl groups is 1. The van der Waals surface area contributed by atoms with Crippen molar-refractivity contribution in [1.82, 2.24) is 4.98 Å². The van der Waals surface area contributed by atoms with Gasteiger partial charge < -0.3 is 10.1 Å². The number of halogens is 3. The number of carbonyl (C=O) groups excluding carboxylic acids is 1. The lowest BCUT2D eigenvalue weighted by molar-refractivity contribution is -0.143. The maximum Gasteiger partial charge on any atom is 0.353 e. The van der Waals surface area contributed by atoms with Gasteiger partial charge >= 0.3 is 11.8 Å². The first kappa shape index (κ1) is 15.7. The van der Waals surface area contributed by atoms with Crippen molar-refractivity contribution in [3.05, 3.63) is 59.9 Å². The Morgan fingerprint density at radius 1 is 1.08 bits per heavy atom. The van der Waals surface area contributed by atoms with Crippen molar-refractivity contribution in [3.8, 4) is 5.88 Å². The van der Waals surface area contributed by atoms with E-state index in [1.165, 1.54) is 0 Å². The number of nitrogens with one attached hydrogen (secondary N) is 1. The van der Waals surface area contributed by atoms with Crippen LogP contribution in [-0.4, -0.2) is 16.0 Å². The van der Waals surface area contributed by atoms with Gasteiger partial charge in [0.05, 0.1) is 5.52 Å². The Kier molecular flexibility index (Phi) is 3.80. The second-order valence-corrected chi connectivity index (χ2v) is 4.95. The second-order valence-electron chi connectivity index (χ2n) is 4.95. The quantitative estimate of drug-likeness (QED) is 0.696. The Labute approximate surface area is 133 Å². The average Bonchev–Trinajstić information content (AvgIpc) is 2.88. The van der Waals surface area contributed by atoms with E-state index in [4.69, 9.17) is 0 Å². The van der Waals surface area contributed by atoms with Gasteiger partial charge in [0.1, 0.15) is 5.82 Å². The molecule has 1 heterocycles.